The maximum absolute atomic E-state index is 12.9. The minimum atomic E-state index is -1.60. The van der Waals surface area contributed by atoms with Crippen molar-refractivity contribution in [2.75, 3.05) is 0 Å². The molecule has 0 aromatic rings. The first-order valence-electron chi connectivity index (χ1n) is 15.8. The molecule has 2 fully saturated rings. The number of primary amides is 1. The largest absolute Gasteiger partial charge is 0.467 e. The van der Waals surface area contributed by atoms with E-state index in [0.29, 0.717) is 37.0 Å². The minimum absolute atomic E-state index is 0.0949. The van der Waals surface area contributed by atoms with Crippen molar-refractivity contribution in [3.63, 3.8) is 0 Å². The molecular weight excluding hydrogens is 537 g/mol. The van der Waals surface area contributed by atoms with Crippen LogP contribution in [0.1, 0.15) is 105 Å². The number of nitrogens with two attached hydrogens (primary N) is 1. The summed E-state index contributed by atoms with van der Waals surface area (Å²) < 4.78 is 11.6. The molecule has 0 radical (unpaired) electrons. The van der Waals surface area contributed by atoms with Gasteiger partial charge in [0.2, 0.25) is 5.91 Å². The fourth-order valence-electron chi connectivity index (χ4n) is 6.89. The summed E-state index contributed by atoms with van der Waals surface area (Å²) in [6, 6.07) is 0. The lowest BCUT2D eigenvalue weighted by atomic mass is 9.51. The summed E-state index contributed by atoms with van der Waals surface area (Å²) in [4.78, 5) is 35.6. The summed E-state index contributed by atoms with van der Waals surface area (Å²) in [5.41, 5.74) is 5.93. The van der Waals surface area contributed by atoms with Gasteiger partial charge >= 0.3 is 19.1 Å². The van der Waals surface area contributed by atoms with E-state index in [1.54, 1.807) is 0 Å². The number of carbonyl (C=O) groups is 3. The fraction of sp³-hybridized carbons (Fsp3) is 0.781. The SMILES string of the molecule is CCC(C)(C)C(=O)O[C@@H]1C[C@H](C)C=C2C=C[C@@H](C)[C@@H](CC[C@@H]3C[C@H](O)CC(=O)O3)[C@@H]21.NC(=O)C1(B(O)O)CCCCC1. The molecule has 1 amide bonds. The van der Waals surface area contributed by atoms with E-state index in [4.69, 9.17) is 25.3 Å². The number of hydrogen-bond donors (Lipinski definition) is 4. The van der Waals surface area contributed by atoms with Crippen LogP contribution in [0.2, 0.25) is 5.31 Å². The molecule has 0 aromatic heterocycles. The zero-order valence-corrected chi connectivity index (χ0v) is 26.1. The van der Waals surface area contributed by atoms with Crippen molar-refractivity contribution < 1.29 is 39.0 Å². The van der Waals surface area contributed by atoms with Gasteiger partial charge in [-0.1, -0.05) is 58.3 Å². The molecule has 0 bridgehead atoms. The molecule has 4 rings (SSSR count). The standard InChI is InChI=1S/C25H38O5.C7H14BNO3/c1-6-25(4,5)24(28)30-21-12-15(2)11-17-8-7-16(3)20(23(17)21)10-9-19-13-18(26)14-22(27)29-19;9-6(10)7(8(11)12)4-2-1-3-5-7/h7-8,11,15-16,18-21,23,26H,6,9-10,12-14H2,1-5H3;11-12H,1-5H2,(H2,9,10)/t15-,16-,18+,19-,20-,21-,23-;/m1./s1. The lowest BCUT2D eigenvalue weighted by Gasteiger charge is -2.44. The molecule has 42 heavy (non-hydrogen) atoms. The zero-order valence-electron chi connectivity index (χ0n) is 26.1. The second-order valence-corrected chi connectivity index (χ2v) is 13.7. The third kappa shape index (κ3) is 8.26. The van der Waals surface area contributed by atoms with Gasteiger partial charge in [-0.2, -0.15) is 0 Å². The van der Waals surface area contributed by atoms with Gasteiger partial charge in [-0.3, -0.25) is 14.4 Å². The Kier molecular flexibility index (Phi) is 11.9. The van der Waals surface area contributed by atoms with E-state index in [9.17, 15) is 19.5 Å². The number of hydrogen-bond acceptors (Lipinski definition) is 8. The highest BCUT2D eigenvalue weighted by molar-refractivity contribution is 6.52. The monoisotopic (exact) mass is 589 g/mol. The summed E-state index contributed by atoms with van der Waals surface area (Å²) in [5, 5.41) is 27.0. The highest BCUT2D eigenvalue weighted by atomic mass is 16.6. The lowest BCUT2D eigenvalue weighted by molar-refractivity contribution is -0.166. The number of aliphatic hydroxyl groups excluding tert-OH is 1. The van der Waals surface area contributed by atoms with Gasteiger partial charge < -0.3 is 30.4 Å². The molecule has 10 heteroatoms. The van der Waals surface area contributed by atoms with E-state index in [-0.39, 0.29) is 36.5 Å². The van der Waals surface area contributed by atoms with E-state index in [1.807, 2.05) is 20.8 Å². The summed E-state index contributed by atoms with van der Waals surface area (Å²) in [6.07, 6.45) is 13.4. The highest BCUT2D eigenvalue weighted by Crippen LogP contribution is 2.46. The number of ether oxygens (including phenoxy) is 2. The Labute approximate surface area is 251 Å². The Morgan fingerprint density at radius 1 is 1.14 bits per heavy atom. The Balaban J connectivity index is 0.000000337. The molecule has 0 aromatic carbocycles. The van der Waals surface area contributed by atoms with Gasteiger partial charge in [0, 0.05) is 12.3 Å². The third-order valence-electron chi connectivity index (χ3n) is 10.1. The Morgan fingerprint density at radius 2 is 1.81 bits per heavy atom. The van der Waals surface area contributed by atoms with Crippen molar-refractivity contribution >= 4 is 25.0 Å². The molecule has 236 valence electrons. The number of aliphatic hydroxyl groups is 1. The first-order valence-corrected chi connectivity index (χ1v) is 15.8. The van der Waals surface area contributed by atoms with Crippen LogP contribution >= 0.6 is 0 Å². The van der Waals surface area contributed by atoms with Crippen LogP contribution < -0.4 is 5.73 Å². The summed E-state index contributed by atoms with van der Waals surface area (Å²) in [5.74, 6) is 0.190. The number of amides is 1. The Morgan fingerprint density at radius 3 is 2.36 bits per heavy atom. The van der Waals surface area contributed by atoms with Gasteiger partial charge in [0.05, 0.1) is 23.3 Å². The molecule has 1 heterocycles. The van der Waals surface area contributed by atoms with Crippen LogP contribution in [0, 0.1) is 29.1 Å². The van der Waals surface area contributed by atoms with Crippen LogP contribution in [-0.4, -0.2) is 58.4 Å². The molecule has 7 atom stereocenters. The Hall–Kier alpha value is -2.17. The van der Waals surface area contributed by atoms with Gasteiger partial charge in [0.15, 0.2) is 0 Å². The van der Waals surface area contributed by atoms with E-state index in [2.05, 4.69) is 32.1 Å². The lowest BCUT2D eigenvalue weighted by Crippen LogP contribution is -2.44. The number of fused-ring (bicyclic) bond motifs is 1. The molecule has 1 aliphatic heterocycles. The number of carbonyl (C=O) groups excluding carboxylic acids is 3. The topological polar surface area (TPSA) is 156 Å². The quantitative estimate of drug-likeness (QED) is 0.242. The predicted molar refractivity (Wildman–Crippen MR) is 161 cm³/mol. The summed E-state index contributed by atoms with van der Waals surface area (Å²) >= 11 is 0. The van der Waals surface area contributed by atoms with E-state index in [1.165, 1.54) is 5.57 Å². The fourth-order valence-corrected chi connectivity index (χ4v) is 6.89. The van der Waals surface area contributed by atoms with Gasteiger partial charge in [-0.25, -0.2) is 0 Å². The van der Waals surface area contributed by atoms with Crippen molar-refractivity contribution in [1.82, 2.24) is 0 Å². The van der Waals surface area contributed by atoms with Crippen LogP contribution in [0.25, 0.3) is 0 Å². The van der Waals surface area contributed by atoms with Crippen molar-refractivity contribution in [3.8, 4) is 0 Å². The first kappa shape index (κ1) is 34.3. The predicted octanol–water partition coefficient (Wildman–Crippen LogP) is 4.23. The van der Waals surface area contributed by atoms with Gasteiger partial charge in [-0.05, 0) is 75.7 Å². The first-order chi connectivity index (χ1) is 19.7. The maximum atomic E-state index is 12.9. The van der Waals surface area contributed by atoms with Crippen molar-refractivity contribution in [3.05, 3.63) is 23.8 Å². The molecule has 1 saturated carbocycles. The zero-order chi connectivity index (χ0) is 31.2. The maximum Gasteiger partial charge on any atom is 0.467 e. The molecule has 9 nitrogen and oxygen atoms in total. The number of esters is 2. The second kappa shape index (κ2) is 14.5. The highest BCUT2D eigenvalue weighted by Gasteiger charge is 2.48. The molecule has 5 N–H and O–H groups in total. The van der Waals surface area contributed by atoms with Crippen LogP contribution in [0.4, 0.5) is 0 Å². The van der Waals surface area contributed by atoms with Crippen molar-refractivity contribution in [2.24, 2.45) is 34.8 Å². The van der Waals surface area contributed by atoms with Crippen LogP contribution in [0.5, 0.6) is 0 Å². The smallest absolute Gasteiger partial charge is 0.462 e. The molecule has 1 saturated heterocycles. The van der Waals surface area contributed by atoms with Crippen molar-refractivity contribution in [2.45, 2.75) is 129 Å². The van der Waals surface area contributed by atoms with Crippen molar-refractivity contribution in [1.29, 1.82) is 0 Å². The third-order valence-corrected chi connectivity index (χ3v) is 10.1. The number of rotatable bonds is 8. The molecule has 0 spiro atoms. The summed E-state index contributed by atoms with van der Waals surface area (Å²) in [7, 11) is -1.60. The molecule has 4 aliphatic rings. The van der Waals surface area contributed by atoms with Gasteiger partial charge in [-0.15, -0.1) is 0 Å². The van der Waals surface area contributed by atoms with Gasteiger partial charge in [0.25, 0.3) is 0 Å². The van der Waals surface area contributed by atoms with E-state index in [0.717, 1.165) is 44.9 Å². The number of cyclic esters (lactones) is 1. The molecular formula is C32H52BNO8. The van der Waals surface area contributed by atoms with E-state index < -0.39 is 29.9 Å². The van der Waals surface area contributed by atoms with Crippen LogP contribution in [-0.2, 0) is 23.9 Å². The second-order valence-electron chi connectivity index (χ2n) is 13.7. The average molecular weight is 590 g/mol. The number of allylic oxidation sites excluding steroid dienone is 3. The minimum Gasteiger partial charge on any atom is -0.462 e. The average Bonchev–Trinajstić information content (AvgIpc) is 2.92. The van der Waals surface area contributed by atoms with Crippen LogP contribution in [0.3, 0.4) is 0 Å². The van der Waals surface area contributed by atoms with E-state index >= 15 is 0 Å². The normalized spacial score (nSPS) is 32.3. The summed E-state index contributed by atoms with van der Waals surface area (Å²) in [6.45, 7) is 10.3. The molecule has 3 aliphatic carbocycles. The Bertz CT molecular complexity index is 1020. The van der Waals surface area contributed by atoms with Gasteiger partial charge in [0.1, 0.15) is 12.2 Å². The molecule has 0 unspecified atom stereocenters. The van der Waals surface area contributed by atoms with Crippen LogP contribution in [0.15, 0.2) is 23.8 Å².